The highest BCUT2D eigenvalue weighted by molar-refractivity contribution is 6.04. The zero-order valence-electron chi connectivity index (χ0n) is 18.6. The van der Waals surface area contributed by atoms with Gasteiger partial charge in [-0.3, -0.25) is 4.90 Å². The van der Waals surface area contributed by atoms with Crippen LogP contribution in [0.4, 0.5) is 5.69 Å². The highest BCUT2D eigenvalue weighted by atomic mass is 16.5. The molecule has 1 aromatic heterocycles. The van der Waals surface area contributed by atoms with Crippen molar-refractivity contribution in [2.45, 2.75) is 19.3 Å². The summed E-state index contributed by atoms with van der Waals surface area (Å²) in [7, 11) is 1.68. The Hall–Kier alpha value is -3.46. The number of H-pyrrole nitrogens is 1. The number of aromatic nitrogens is 4. The van der Waals surface area contributed by atoms with Crippen LogP contribution < -0.4 is 9.47 Å². The van der Waals surface area contributed by atoms with Gasteiger partial charge in [0, 0.05) is 38.1 Å². The first-order valence-electron chi connectivity index (χ1n) is 10.8. The van der Waals surface area contributed by atoms with E-state index in [0.29, 0.717) is 0 Å². The molecule has 0 bridgehead atoms. The summed E-state index contributed by atoms with van der Waals surface area (Å²) in [5.74, 6) is 3.99. The molecule has 3 aromatic rings. The first-order valence-corrected chi connectivity index (χ1v) is 10.8. The molecule has 2 aromatic carbocycles. The number of amidine groups is 1. The van der Waals surface area contributed by atoms with Crippen molar-refractivity contribution in [3.63, 3.8) is 0 Å². The largest absolute Gasteiger partial charge is 0.497 e. The van der Waals surface area contributed by atoms with Gasteiger partial charge in [0.25, 0.3) is 0 Å². The number of aromatic amines is 1. The third-order valence-electron chi connectivity index (χ3n) is 5.98. The standard InChI is InChI=1S/C23H27N7O2/c1-23(2,22-25-27-28-26-22)15-29-10-12-30(13-11-29)21-17-14-16(31-3)8-9-19(17)32-20-7-5-4-6-18(20)24-21/h4-9,14H,10-13,15H2,1-3H3,(H,25,26,27,28). The van der Waals surface area contributed by atoms with Crippen molar-refractivity contribution in [1.82, 2.24) is 30.4 Å². The number of hydrogen-bond donors (Lipinski definition) is 1. The average molecular weight is 434 g/mol. The summed E-state index contributed by atoms with van der Waals surface area (Å²) in [4.78, 5) is 9.81. The van der Waals surface area contributed by atoms with Gasteiger partial charge in [-0.05, 0) is 30.3 Å². The lowest BCUT2D eigenvalue weighted by Crippen LogP contribution is -2.51. The molecule has 2 aliphatic heterocycles. The number of aliphatic imine (C=N–C) groups is 1. The molecule has 0 spiro atoms. The first kappa shape index (κ1) is 20.4. The Morgan fingerprint density at radius 3 is 2.62 bits per heavy atom. The SMILES string of the molecule is COc1ccc2c(c1)C(N1CCN(CC(C)(C)c3nn[nH]n3)CC1)=Nc1ccccc1O2. The first-order chi connectivity index (χ1) is 15.5. The van der Waals surface area contributed by atoms with E-state index in [2.05, 4.69) is 44.3 Å². The summed E-state index contributed by atoms with van der Waals surface area (Å²) >= 11 is 0. The number of nitrogens with zero attached hydrogens (tertiary/aromatic N) is 6. The van der Waals surface area contributed by atoms with Gasteiger partial charge in [0.05, 0.1) is 12.7 Å². The van der Waals surface area contributed by atoms with E-state index in [9.17, 15) is 0 Å². The molecule has 0 unspecified atom stereocenters. The number of piperazine rings is 1. The van der Waals surface area contributed by atoms with E-state index in [0.717, 1.165) is 72.9 Å². The number of ether oxygens (including phenoxy) is 2. The van der Waals surface area contributed by atoms with Crippen LogP contribution in [0.5, 0.6) is 17.2 Å². The van der Waals surface area contributed by atoms with Crippen LogP contribution in [0.15, 0.2) is 47.5 Å². The molecule has 9 heteroatoms. The summed E-state index contributed by atoms with van der Waals surface area (Å²) in [6, 6.07) is 13.8. The minimum atomic E-state index is -0.179. The zero-order chi connectivity index (χ0) is 22.1. The summed E-state index contributed by atoms with van der Waals surface area (Å²) in [6.45, 7) is 8.72. The lowest BCUT2D eigenvalue weighted by Gasteiger charge is -2.39. The van der Waals surface area contributed by atoms with E-state index >= 15 is 0 Å². The monoisotopic (exact) mass is 433 g/mol. The van der Waals surface area contributed by atoms with Gasteiger partial charge >= 0.3 is 0 Å². The fourth-order valence-corrected chi connectivity index (χ4v) is 4.27. The summed E-state index contributed by atoms with van der Waals surface area (Å²) in [5.41, 5.74) is 1.60. The molecule has 32 heavy (non-hydrogen) atoms. The van der Waals surface area contributed by atoms with E-state index < -0.39 is 0 Å². The Morgan fingerprint density at radius 2 is 1.88 bits per heavy atom. The smallest absolute Gasteiger partial charge is 0.181 e. The van der Waals surface area contributed by atoms with E-state index in [1.54, 1.807) is 7.11 Å². The number of hydrogen-bond acceptors (Lipinski definition) is 8. The molecular formula is C23H27N7O2. The van der Waals surface area contributed by atoms with Crippen LogP contribution in [-0.4, -0.2) is 76.1 Å². The molecule has 5 rings (SSSR count). The van der Waals surface area contributed by atoms with Gasteiger partial charge in [-0.2, -0.15) is 5.21 Å². The molecule has 0 atom stereocenters. The van der Waals surface area contributed by atoms with Crippen molar-refractivity contribution in [2.75, 3.05) is 39.8 Å². The predicted molar refractivity (Wildman–Crippen MR) is 121 cm³/mol. The Kier molecular flexibility index (Phi) is 5.26. The van der Waals surface area contributed by atoms with Crippen molar-refractivity contribution in [3.05, 3.63) is 53.9 Å². The molecular weight excluding hydrogens is 406 g/mol. The van der Waals surface area contributed by atoms with Gasteiger partial charge in [-0.15, -0.1) is 10.2 Å². The Morgan fingerprint density at radius 1 is 1.06 bits per heavy atom. The maximum Gasteiger partial charge on any atom is 0.181 e. The minimum absolute atomic E-state index is 0.179. The topological polar surface area (TPSA) is 91.8 Å². The number of tetrazole rings is 1. The summed E-state index contributed by atoms with van der Waals surface area (Å²) in [5, 5.41) is 14.6. The van der Waals surface area contributed by atoms with Crippen molar-refractivity contribution < 1.29 is 9.47 Å². The van der Waals surface area contributed by atoms with Gasteiger partial charge in [0.2, 0.25) is 0 Å². The second kappa shape index (κ2) is 8.23. The normalized spacial score (nSPS) is 16.5. The van der Waals surface area contributed by atoms with Crippen molar-refractivity contribution in [2.24, 2.45) is 4.99 Å². The fourth-order valence-electron chi connectivity index (χ4n) is 4.27. The Bertz CT molecular complexity index is 1120. The maximum atomic E-state index is 6.22. The maximum absolute atomic E-state index is 6.22. The average Bonchev–Trinajstić information content (AvgIpc) is 3.30. The van der Waals surface area contributed by atoms with Crippen LogP contribution in [0.1, 0.15) is 25.2 Å². The molecule has 3 heterocycles. The zero-order valence-corrected chi connectivity index (χ0v) is 18.6. The summed E-state index contributed by atoms with van der Waals surface area (Å²) in [6.07, 6.45) is 0. The number of rotatable bonds is 4. The lowest BCUT2D eigenvalue weighted by molar-refractivity contribution is 0.153. The van der Waals surface area contributed by atoms with Crippen LogP contribution in [0.3, 0.4) is 0 Å². The minimum Gasteiger partial charge on any atom is -0.497 e. The van der Waals surface area contributed by atoms with E-state index in [1.165, 1.54) is 0 Å². The molecule has 2 aliphatic rings. The summed E-state index contributed by atoms with van der Waals surface area (Å²) < 4.78 is 11.7. The molecule has 0 radical (unpaired) electrons. The van der Waals surface area contributed by atoms with E-state index in [4.69, 9.17) is 14.5 Å². The highest BCUT2D eigenvalue weighted by Crippen LogP contribution is 2.39. The quantitative estimate of drug-likeness (QED) is 0.676. The predicted octanol–water partition coefficient (Wildman–Crippen LogP) is 2.99. The van der Waals surface area contributed by atoms with Gasteiger partial charge in [0.1, 0.15) is 23.0 Å². The number of methoxy groups -OCH3 is 1. The van der Waals surface area contributed by atoms with E-state index in [1.807, 2.05) is 42.5 Å². The number of fused-ring (bicyclic) bond motifs is 2. The van der Waals surface area contributed by atoms with Crippen LogP contribution in [0, 0.1) is 0 Å². The molecule has 0 amide bonds. The van der Waals surface area contributed by atoms with Gasteiger partial charge in [0.15, 0.2) is 11.6 Å². The lowest BCUT2D eigenvalue weighted by atomic mass is 9.91. The molecule has 1 saturated heterocycles. The highest BCUT2D eigenvalue weighted by Gasteiger charge is 2.31. The fraction of sp³-hybridized carbons (Fsp3) is 0.391. The van der Waals surface area contributed by atoms with E-state index in [-0.39, 0.29) is 5.41 Å². The van der Waals surface area contributed by atoms with Gasteiger partial charge < -0.3 is 14.4 Å². The Balaban J connectivity index is 1.39. The van der Waals surface area contributed by atoms with Crippen molar-refractivity contribution in [1.29, 1.82) is 0 Å². The second-order valence-electron chi connectivity index (χ2n) is 8.75. The number of benzene rings is 2. The van der Waals surface area contributed by atoms with Gasteiger partial charge in [-0.25, -0.2) is 4.99 Å². The van der Waals surface area contributed by atoms with Crippen LogP contribution in [-0.2, 0) is 5.41 Å². The third kappa shape index (κ3) is 3.91. The Labute approximate surface area is 187 Å². The molecule has 9 nitrogen and oxygen atoms in total. The number of para-hydroxylation sites is 2. The molecule has 0 aliphatic carbocycles. The molecule has 166 valence electrons. The number of nitrogens with one attached hydrogen (secondary N) is 1. The van der Waals surface area contributed by atoms with Gasteiger partial charge in [-0.1, -0.05) is 31.2 Å². The third-order valence-corrected chi connectivity index (χ3v) is 5.98. The van der Waals surface area contributed by atoms with Crippen molar-refractivity contribution in [3.8, 4) is 17.2 Å². The van der Waals surface area contributed by atoms with Crippen LogP contribution in [0.25, 0.3) is 0 Å². The van der Waals surface area contributed by atoms with Crippen LogP contribution in [0.2, 0.25) is 0 Å². The molecule has 0 saturated carbocycles. The second-order valence-corrected chi connectivity index (χ2v) is 8.75. The molecule has 1 N–H and O–H groups in total. The molecule has 1 fully saturated rings. The van der Waals surface area contributed by atoms with Crippen molar-refractivity contribution >= 4 is 11.5 Å². The van der Waals surface area contributed by atoms with Crippen LogP contribution >= 0.6 is 0 Å².